The first-order chi connectivity index (χ1) is 17.1. The van der Waals surface area contributed by atoms with Crippen LogP contribution in [-0.4, -0.2) is 39.6 Å². The molecule has 3 heterocycles. The Morgan fingerprint density at radius 3 is 2.75 bits per heavy atom. The predicted molar refractivity (Wildman–Crippen MR) is 129 cm³/mol. The standard InChI is InChI=1S/C26H26F3N3O3S/c1-13-7-17(9-21(13)33)32-25-20(11-30-12-31-25)23(34)22-10-18(14(2)36-22)24-19-8-16(26(27,28)29)4-3-15(19)5-6-35-24/h3-4,8,10-13,17,21,24,33H,5-7,9H2,1-2H3,(H,30,31,32)/t13-,17-,21+,24+/m1/s1. The van der Waals surface area contributed by atoms with Crippen LogP contribution < -0.4 is 5.32 Å². The summed E-state index contributed by atoms with van der Waals surface area (Å²) in [5.74, 6) is 0.286. The number of carbonyl (C=O) groups is 1. The van der Waals surface area contributed by atoms with Gasteiger partial charge in [0.15, 0.2) is 0 Å². The summed E-state index contributed by atoms with van der Waals surface area (Å²) in [4.78, 5) is 23.0. The third kappa shape index (κ3) is 4.77. The zero-order valence-corrected chi connectivity index (χ0v) is 20.6. The fourth-order valence-electron chi connectivity index (χ4n) is 5.03. The van der Waals surface area contributed by atoms with Crippen molar-refractivity contribution in [2.45, 2.75) is 57.5 Å². The molecule has 4 atom stereocenters. The fraction of sp³-hybridized carbons (Fsp3) is 0.423. The van der Waals surface area contributed by atoms with E-state index in [0.29, 0.717) is 46.8 Å². The Bertz CT molecular complexity index is 1280. The molecule has 5 rings (SSSR count). The lowest BCUT2D eigenvalue weighted by molar-refractivity contribution is -0.137. The number of rotatable bonds is 5. The summed E-state index contributed by atoms with van der Waals surface area (Å²) in [6.07, 6.45) is -0.844. The summed E-state index contributed by atoms with van der Waals surface area (Å²) in [6, 6.07) is 5.47. The van der Waals surface area contributed by atoms with Crippen molar-refractivity contribution in [2.75, 3.05) is 11.9 Å². The van der Waals surface area contributed by atoms with Gasteiger partial charge in [-0.2, -0.15) is 13.2 Å². The van der Waals surface area contributed by atoms with Gasteiger partial charge in [-0.05, 0) is 67.0 Å². The van der Waals surface area contributed by atoms with Crippen LogP contribution in [0.5, 0.6) is 0 Å². The van der Waals surface area contributed by atoms with E-state index in [4.69, 9.17) is 4.74 Å². The summed E-state index contributed by atoms with van der Waals surface area (Å²) in [5.41, 5.74) is 1.57. The Morgan fingerprint density at radius 2 is 2.03 bits per heavy atom. The molecule has 3 aromatic rings. The van der Waals surface area contributed by atoms with Gasteiger partial charge in [0.25, 0.3) is 0 Å². The van der Waals surface area contributed by atoms with Gasteiger partial charge in [-0.1, -0.05) is 13.0 Å². The first kappa shape index (κ1) is 24.9. The highest BCUT2D eigenvalue weighted by Gasteiger charge is 2.35. The number of alkyl halides is 3. The second-order valence-electron chi connectivity index (χ2n) is 9.51. The van der Waals surface area contributed by atoms with Crippen molar-refractivity contribution in [1.82, 2.24) is 9.97 Å². The number of thiophene rings is 1. The van der Waals surface area contributed by atoms with E-state index >= 15 is 0 Å². The highest BCUT2D eigenvalue weighted by atomic mass is 32.1. The van der Waals surface area contributed by atoms with Crippen LogP contribution in [0.1, 0.15) is 68.2 Å². The Kier molecular flexibility index (Phi) is 6.61. The van der Waals surface area contributed by atoms with Gasteiger partial charge in [0.2, 0.25) is 5.78 Å². The zero-order valence-electron chi connectivity index (χ0n) is 19.8. The normalized spacial score (nSPS) is 23.9. The second kappa shape index (κ2) is 9.57. The highest BCUT2D eigenvalue weighted by molar-refractivity contribution is 7.14. The maximum Gasteiger partial charge on any atom is 0.416 e. The molecule has 2 aliphatic rings. The zero-order chi connectivity index (χ0) is 25.6. The van der Waals surface area contributed by atoms with E-state index in [1.165, 1.54) is 29.9 Å². The lowest BCUT2D eigenvalue weighted by atomic mass is 9.91. The minimum absolute atomic E-state index is 0.00736. The molecule has 0 saturated heterocycles. The van der Waals surface area contributed by atoms with Crippen LogP contribution in [0.4, 0.5) is 19.0 Å². The number of anilines is 1. The summed E-state index contributed by atoms with van der Waals surface area (Å²) in [5, 5.41) is 13.4. The smallest absolute Gasteiger partial charge is 0.393 e. The van der Waals surface area contributed by atoms with Gasteiger partial charge in [-0.15, -0.1) is 11.3 Å². The molecule has 1 aromatic carbocycles. The number of hydrogen-bond donors (Lipinski definition) is 2. The van der Waals surface area contributed by atoms with Crippen molar-refractivity contribution in [2.24, 2.45) is 5.92 Å². The summed E-state index contributed by atoms with van der Waals surface area (Å²) >= 11 is 1.27. The number of benzene rings is 1. The van der Waals surface area contributed by atoms with Gasteiger partial charge in [-0.25, -0.2) is 9.97 Å². The molecule has 190 valence electrons. The Morgan fingerprint density at radius 1 is 1.22 bits per heavy atom. The maximum absolute atomic E-state index is 13.5. The molecule has 1 aliphatic heterocycles. The number of ketones is 1. The van der Waals surface area contributed by atoms with Crippen LogP contribution in [0.2, 0.25) is 0 Å². The summed E-state index contributed by atoms with van der Waals surface area (Å²) < 4.78 is 46.1. The van der Waals surface area contributed by atoms with Gasteiger partial charge >= 0.3 is 6.18 Å². The van der Waals surface area contributed by atoms with Crippen molar-refractivity contribution in [1.29, 1.82) is 0 Å². The number of aryl methyl sites for hydroxylation is 1. The van der Waals surface area contributed by atoms with Crippen molar-refractivity contribution < 1.29 is 27.8 Å². The SMILES string of the molecule is Cc1sc(C(=O)c2cncnc2N[C@@H]2C[C@@H](C)[C@@H](O)C2)cc1[C@@H]1OCCc2ccc(C(F)(F)F)cc21. The molecule has 0 bridgehead atoms. The van der Waals surface area contributed by atoms with E-state index in [-0.39, 0.29) is 17.7 Å². The number of aromatic nitrogens is 2. The summed E-state index contributed by atoms with van der Waals surface area (Å²) in [7, 11) is 0. The number of nitrogens with one attached hydrogen (secondary N) is 1. The fourth-order valence-corrected chi connectivity index (χ4v) is 6.03. The molecule has 0 radical (unpaired) electrons. The first-order valence-corrected chi connectivity index (χ1v) is 12.6. The van der Waals surface area contributed by atoms with Gasteiger partial charge in [-0.3, -0.25) is 4.79 Å². The molecule has 0 amide bonds. The Balaban J connectivity index is 1.44. The van der Waals surface area contributed by atoms with Gasteiger partial charge in [0.1, 0.15) is 18.2 Å². The number of hydrogen-bond acceptors (Lipinski definition) is 7. The maximum atomic E-state index is 13.5. The van der Waals surface area contributed by atoms with Crippen molar-refractivity contribution in [3.8, 4) is 0 Å². The molecule has 6 nitrogen and oxygen atoms in total. The molecule has 1 aliphatic carbocycles. The van der Waals surface area contributed by atoms with E-state index in [1.807, 2.05) is 13.8 Å². The van der Waals surface area contributed by atoms with Crippen LogP contribution in [0.25, 0.3) is 0 Å². The van der Waals surface area contributed by atoms with Crippen LogP contribution >= 0.6 is 11.3 Å². The molecule has 36 heavy (non-hydrogen) atoms. The van der Waals surface area contributed by atoms with E-state index in [1.54, 1.807) is 6.07 Å². The molecule has 1 saturated carbocycles. The van der Waals surface area contributed by atoms with E-state index in [9.17, 15) is 23.1 Å². The monoisotopic (exact) mass is 517 g/mol. The quantitative estimate of drug-likeness (QED) is 0.445. The Hall–Kier alpha value is -2.82. The number of fused-ring (bicyclic) bond motifs is 1. The lowest BCUT2D eigenvalue weighted by Gasteiger charge is -2.27. The minimum Gasteiger partial charge on any atom is -0.393 e. The first-order valence-electron chi connectivity index (χ1n) is 11.8. The summed E-state index contributed by atoms with van der Waals surface area (Å²) in [6.45, 7) is 4.20. The average molecular weight is 518 g/mol. The van der Waals surface area contributed by atoms with Crippen LogP contribution in [0.15, 0.2) is 36.8 Å². The minimum atomic E-state index is -4.45. The van der Waals surface area contributed by atoms with Gasteiger partial charge in [0, 0.05) is 17.1 Å². The number of halogens is 3. The molecule has 1 fully saturated rings. The van der Waals surface area contributed by atoms with Crippen LogP contribution in [0, 0.1) is 12.8 Å². The molecule has 2 aromatic heterocycles. The number of nitrogens with zero attached hydrogens (tertiary/aromatic N) is 2. The molecular weight excluding hydrogens is 491 g/mol. The highest BCUT2D eigenvalue weighted by Crippen LogP contribution is 2.41. The number of ether oxygens (including phenoxy) is 1. The number of carbonyl (C=O) groups excluding carboxylic acids is 1. The predicted octanol–water partition coefficient (Wildman–Crippen LogP) is 5.33. The third-order valence-electron chi connectivity index (χ3n) is 7.01. The van der Waals surface area contributed by atoms with Gasteiger partial charge < -0.3 is 15.2 Å². The van der Waals surface area contributed by atoms with Crippen molar-refractivity contribution in [3.05, 3.63) is 74.4 Å². The number of aliphatic hydroxyl groups excluding tert-OH is 1. The second-order valence-corrected chi connectivity index (χ2v) is 10.8. The molecule has 2 N–H and O–H groups in total. The van der Waals surface area contributed by atoms with Crippen LogP contribution in [-0.2, 0) is 17.3 Å². The van der Waals surface area contributed by atoms with E-state index < -0.39 is 23.9 Å². The largest absolute Gasteiger partial charge is 0.416 e. The van der Waals surface area contributed by atoms with E-state index in [0.717, 1.165) is 29.0 Å². The van der Waals surface area contributed by atoms with Crippen molar-refractivity contribution in [3.63, 3.8) is 0 Å². The third-order valence-corrected chi connectivity index (χ3v) is 8.08. The average Bonchev–Trinajstić information content (AvgIpc) is 3.38. The lowest BCUT2D eigenvalue weighted by Crippen LogP contribution is -2.20. The molecule has 0 spiro atoms. The van der Waals surface area contributed by atoms with Crippen LogP contribution in [0.3, 0.4) is 0 Å². The molecular formula is C26H26F3N3O3S. The van der Waals surface area contributed by atoms with Gasteiger partial charge in [0.05, 0.1) is 28.7 Å². The molecule has 10 heteroatoms. The van der Waals surface area contributed by atoms with E-state index in [2.05, 4.69) is 15.3 Å². The topological polar surface area (TPSA) is 84.3 Å². The number of aliphatic hydroxyl groups is 1. The molecule has 0 unspecified atom stereocenters. The Labute approximate surface area is 210 Å². The van der Waals surface area contributed by atoms with Crippen molar-refractivity contribution >= 4 is 22.9 Å².